The fraction of sp³-hybridized carbons (Fsp3) is 0.182. The summed E-state index contributed by atoms with van der Waals surface area (Å²) >= 11 is 0. The number of rotatable bonds is 2. The number of aliphatic imine (C=N–C) groups is 3. The van der Waals surface area contributed by atoms with Crippen LogP contribution in [0.2, 0.25) is 0 Å². The van der Waals surface area contributed by atoms with Gasteiger partial charge in [0.15, 0.2) is 0 Å². The molecule has 3 atom stereocenters. The van der Waals surface area contributed by atoms with E-state index in [0.717, 1.165) is 16.8 Å². The lowest BCUT2D eigenvalue weighted by atomic mass is 9.74. The van der Waals surface area contributed by atoms with Gasteiger partial charge in [0, 0.05) is 48.5 Å². The van der Waals surface area contributed by atoms with Gasteiger partial charge in [-0.15, -0.1) is 0 Å². The molecule has 0 bridgehead atoms. The van der Waals surface area contributed by atoms with Crippen molar-refractivity contribution < 1.29 is 0 Å². The molecule has 2 aromatic rings. The van der Waals surface area contributed by atoms with Crippen LogP contribution in [0.3, 0.4) is 0 Å². The highest BCUT2D eigenvalue weighted by Crippen LogP contribution is 2.36. The molecule has 0 saturated carbocycles. The average Bonchev–Trinajstić information content (AvgIpc) is 2.74. The zero-order valence-electron chi connectivity index (χ0n) is 14.7. The van der Waals surface area contributed by atoms with E-state index in [-0.39, 0.29) is 17.8 Å². The van der Waals surface area contributed by atoms with E-state index in [4.69, 9.17) is 5.73 Å². The van der Waals surface area contributed by atoms with Crippen molar-refractivity contribution >= 4 is 18.3 Å². The zero-order valence-corrected chi connectivity index (χ0v) is 14.7. The number of allylic oxidation sites excluding steroid dienone is 1. The molecule has 0 amide bonds. The zero-order chi connectivity index (χ0) is 18.5. The number of hydrogen-bond acceptors (Lipinski definition) is 5. The van der Waals surface area contributed by atoms with Crippen LogP contribution in [0.5, 0.6) is 0 Å². The average molecular weight is 353 g/mol. The van der Waals surface area contributed by atoms with E-state index in [2.05, 4.69) is 31.8 Å². The summed E-state index contributed by atoms with van der Waals surface area (Å²) in [4.78, 5) is 17.3. The Kier molecular flexibility index (Phi) is 4.88. The third-order valence-electron chi connectivity index (χ3n) is 4.71. The van der Waals surface area contributed by atoms with Gasteiger partial charge in [-0.3, -0.25) is 9.98 Å². The smallest absolute Gasteiger partial charge is 0.121 e. The van der Waals surface area contributed by atoms with E-state index in [1.165, 1.54) is 0 Å². The molecule has 0 aliphatic carbocycles. The molecule has 4 rings (SSSR count). The van der Waals surface area contributed by atoms with E-state index < -0.39 is 0 Å². The Morgan fingerprint density at radius 1 is 1.00 bits per heavy atom. The first-order valence-corrected chi connectivity index (χ1v) is 8.86. The molecule has 5 nitrogen and oxygen atoms in total. The van der Waals surface area contributed by atoms with E-state index in [1.807, 2.05) is 54.8 Å². The second-order valence-corrected chi connectivity index (χ2v) is 6.48. The van der Waals surface area contributed by atoms with Gasteiger partial charge in [-0.25, -0.2) is 9.98 Å². The predicted molar refractivity (Wildman–Crippen MR) is 109 cm³/mol. The van der Waals surface area contributed by atoms with E-state index in [1.54, 1.807) is 18.7 Å². The molecule has 1 aromatic carbocycles. The van der Waals surface area contributed by atoms with Crippen LogP contribution < -0.4 is 5.73 Å². The molecular formula is C22H19N5. The lowest BCUT2D eigenvalue weighted by molar-refractivity contribution is 0.496. The fourth-order valence-electron chi connectivity index (χ4n) is 3.45. The molecule has 0 saturated heterocycles. The van der Waals surface area contributed by atoms with Gasteiger partial charge in [-0.2, -0.15) is 0 Å². The summed E-state index contributed by atoms with van der Waals surface area (Å²) in [6.07, 6.45) is 9.13. The Balaban J connectivity index is 1.75. The quantitative estimate of drug-likeness (QED) is 0.843. The van der Waals surface area contributed by atoms with Gasteiger partial charge in [0.1, 0.15) is 12.2 Å². The largest absolute Gasteiger partial charge is 0.384 e. The van der Waals surface area contributed by atoms with Gasteiger partial charge >= 0.3 is 0 Å². The standard InChI is InChI=1S/C22H19N5/c23-21-12-19(17-8-10-24-11-9-17)22(18-13-25-15-26-14-18)20(27-21)7-6-16-4-2-1-3-5-16/h1-5,8-13,15,18-19,22H,14,23H2. The van der Waals surface area contributed by atoms with Crippen molar-refractivity contribution in [2.24, 2.45) is 32.5 Å². The van der Waals surface area contributed by atoms with E-state index >= 15 is 0 Å². The summed E-state index contributed by atoms with van der Waals surface area (Å²) in [5.41, 5.74) is 8.99. The summed E-state index contributed by atoms with van der Waals surface area (Å²) in [5, 5.41) is 0. The molecule has 132 valence electrons. The van der Waals surface area contributed by atoms with Crippen molar-refractivity contribution in [2.45, 2.75) is 5.92 Å². The van der Waals surface area contributed by atoms with Crippen molar-refractivity contribution in [3.8, 4) is 11.8 Å². The van der Waals surface area contributed by atoms with Crippen LogP contribution in [0, 0.1) is 23.7 Å². The SMILES string of the molecule is NC1=CC(c2ccncc2)C(C2C=NC=NC2)C(C#Cc2ccccc2)=N1. The lowest BCUT2D eigenvalue weighted by Crippen LogP contribution is -2.35. The van der Waals surface area contributed by atoms with Gasteiger partial charge in [0.25, 0.3) is 0 Å². The number of nitrogens with two attached hydrogens (primary N) is 1. The first kappa shape index (κ1) is 16.9. The van der Waals surface area contributed by atoms with E-state index in [0.29, 0.717) is 12.4 Å². The minimum atomic E-state index is 0.0251. The van der Waals surface area contributed by atoms with Gasteiger partial charge in [-0.05, 0) is 41.8 Å². The Bertz CT molecular complexity index is 978. The number of nitrogens with zero attached hydrogens (tertiary/aromatic N) is 4. The molecule has 2 aliphatic rings. The molecule has 0 spiro atoms. The number of pyridine rings is 1. The van der Waals surface area contributed by atoms with Gasteiger partial charge < -0.3 is 5.73 Å². The van der Waals surface area contributed by atoms with Crippen LogP contribution in [-0.2, 0) is 0 Å². The Labute approximate surface area is 158 Å². The normalized spacial score (nSPS) is 23.8. The molecule has 2 aliphatic heterocycles. The van der Waals surface area contributed by atoms with Gasteiger partial charge in [0.2, 0.25) is 0 Å². The van der Waals surface area contributed by atoms with Crippen LogP contribution in [0.4, 0.5) is 0 Å². The van der Waals surface area contributed by atoms with Crippen molar-refractivity contribution in [3.63, 3.8) is 0 Å². The summed E-state index contributed by atoms with van der Waals surface area (Å²) in [5.74, 6) is 7.16. The third kappa shape index (κ3) is 3.85. The lowest BCUT2D eigenvalue weighted by Gasteiger charge is -2.32. The van der Waals surface area contributed by atoms with Crippen molar-refractivity contribution in [2.75, 3.05) is 6.54 Å². The molecule has 27 heavy (non-hydrogen) atoms. The van der Waals surface area contributed by atoms with Crippen LogP contribution in [0.15, 0.2) is 81.7 Å². The second kappa shape index (κ2) is 7.79. The maximum absolute atomic E-state index is 6.14. The summed E-state index contributed by atoms with van der Waals surface area (Å²) in [6.45, 7) is 0.662. The number of aromatic nitrogens is 1. The van der Waals surface area contributed by atoms with Crippen LogP contribution in [0.25, 0.3) is 0 Å². The molecule has 3 unspecified atom stereocenters. The first-order valence-electron chi connectivity index (χ1n) is 8.86. The highest BCUT2D eigenvalue weighted by Gasteiger charge is 2.35. The number of hydrogen-bond donors (Lipinski definition) is 1. The molecule has 2 N–H and O–H groups in total. The molecule has 0 fully saturated rings. The summed E-state index contributed by atoms with van der Waals surface area (Å²) in [6, 6.07) is 13.9. The van der Waals surface area contributed by atoms with Crippen molar-refractivity contribution in [1.29, 1.82) is 0 Å². The summed E-state index contributed by atoms with van der Waals surface area (Å²) in [7, 11) is 0. The molecule has 3 heterocycles. The van der Waals surface area contributed by atoms with Crippen molar-refractivity contribution in [3.05, 3.63) is 77.9 Å². The topological polar surface area (TPSA) is 76.0 Å². The highest BCUT2D eigenvalue weighted by molar-refractivity contribution is 6.06. The minimum Gasteiger partial charge on any atom is -0.384 e. The summed E-state index contributed by atoms with van der Waals surface area (Å²) < 4.78 is 0. The van der Waals surface area contributed by atoms with Crippen LogP contribution >= 0.6 is 0 Å². The van der Waals surface area contributed by atoms with Crippen molar-refractivity contribution in [1.82, 2.24) is 4.98 Å². The maximum atomic E-state index is 6.14. The Morgan fingerprint density at radius 3 is 2.56 bits per heavy atom. The Morgan fingerprint density at radius 2 is 1.81 bits per heavy atom. The molecular weight excluding hydrogens is 334 g/mol. The monoisotopic (exact) mass is 353 g/mol. The maximum Gasteiger partial charge on any atom is 0.121 e. The van der Waals surface area contributed by atoms with E-state index in [9.17, 15) is 0 Å². The Hall–Kier alpha value is -3.52. The minimum absolute atomic E-state index is 0.0251. The van der Waals surface area contributed by atoms with Gasteiger partial charge in [0.05, 0.1) is 5.71 Å². The highest BCUT2D eigenvalue weighted by atomic mass is 14.9. The molecule has 0 radical (unpaired) electrons. The van der Waals surface area contributed by atoms with Crippen LogP contribution in [-0.4, -0.2) is 29.8 Å². The second-order valence-electron chi connectivity index (χ2n) is 6.48. The third-order valence-corrected chi connectivity index (χ3v) is 4.71. The molecule has 1 aromatic heterocycles. The van der Waals surface area contributed by atoms with Gasteiger partial charge in [-0.1, -0.05) is 24.1 Å². The fourth-order valence-corrected chi connectivity index (χ4v) is 3.45. The number of benzene rings is 1. The van der Waals surface area contributed by atoms with Crippen LogP contribution in [0.1, 0.15) is 17.0 Å². The predicted octanol–water partition coefficient (Wildman–Crippen LogP) is 2.82. The molecule has 5 heteroatoms. The first-order chi connectivity index (χ1) is 13.3.